The van der Waals surface area contributed by atoms with Crippen molar-refractivity contribution in [1.82, 2.24) is 40.6 Å². The highest BCUT2D eigenvalue weighted by atomic mass is 16.6. The summed E-state index contributed by atoms with van der Waals surface area (Å²) in [6.07, 6.45) is 9.15. The molecule has 5 heterocycles. The number of anilines is 2. The number of carbonyl (C=O) groups is 6. The van der Waals surface area contributed by atoms with E-state index in [0.717, 1.165) is 48.2 Å². The standard InChI is InChI=1S/C59H74N10O11/c1-40(61-53(72)43-12-9-13-44(38-43)65-59(25-29-68(30-26-59)57(75)80-58(2,3)4)56-64-52(66-67-56)42-23-27-60-28-24-42)41-17-19-45(20-18-41)79-33-8-6-5-7-31-76-34-36-78-37-35-77-32-11-16-50(70)62-48-15-10-14-46-47(48)39-69(55(46)74)49-21-22-51(71)63-54(49)73/h9-10,12-15,17-20,23-24,27-28,38,40,49,65H,5-8,11,16,21-22,25-26,29-37,39H2,1-4H3,(H,61,72)(H,62,70)(H,63,71,73)(H,64,66,67)/t40-,49?/m1/s1. The lowest BCUT2D eigenvalue weighted by molar-refractivity contribution is -0.137. The van der Waals surface area contributed by atoms with Crippen molar-refractivity contribution >= 4 is 47.0 Å². The number of fused-ring (bicyclic) bond motifs is 1. The molecule has 0 spiro atoms. The maximum Gasteiger partial charge on any atom is 0.410 e. The molecule has 3 aliphatic heterocycles. The van der Waals surface area contributed by atoms with Crippen molar-refractivity contribution < 1.29 is 52.5 Å². The van der Waals surface area contributed by atoms with E-state index in [1.807, 2.05) is 82.3 Å². The van der Waals surface area contributed by atoms with Crippen molar-refractivity contribution in [3.63, 3.8) is 0 Å². The molecular formula is C59H74N10O11. The molecule has 3 aromatic carbocycles. The number of piperidine rings is 2. The van der Waals surface area contributed by atoms with E-state index in [1.54, 1.807) is 41.6 Å². The third-order valence-corrected chi connectivity index (χ3v) is 14.1. The Balaban J connectivity index is 0.656. The fraction of sp³-hybridized carbons (Fsp3) is 0.475. The van der Waals surface area contributed by atoms with Gasteiger partial charge in [0.05, 0.1) is 39.1 Å². The van der Waals surface area contributed by atoms with Crippen LogP contribution >= 0.6 is 0 Å². The van der Waals surface area contributed by atoms with Crippen LogP contribution in [-0.4, -0.2) is 137 Å². The van der Waals surface area contributed by atoms with Gasteiger partial charge in [-0.2, -0.15) is 0 Å². The monoisotopic (exact) mass is 1100 g/mol. The zero-order valence-corrected chi connectivity index (χ0v) is 46.2. The highest BCUT2D eigenvalue weighted by molar-refractivity contribution is 6.07. The van der Waals surface area contributed by atoms with Crippen LogP contribution in [-0.2, 0) is 45.4 Å². The lowest BCUT2D eigenvalue weighted by Crippen LogP contribution is -2.52. The number of likely N-dealkylation sites (tertiary alicyclic amines) is 1. The number of pyridine rings is 1. The molecule has 21 heteroatoms. The number of aromatic amines is 1. The molecule has 0 saturated carbocycles. The highest BCUT2D eigenvalue weighted by Crippen LogP contribution is 2.37. The summed E-state index contributed by atoms with van der Waals surface area (Å²) < 4.78 is 28.7. The van der Waals surface area contributed by atoms with Crippen LogP contribution in [0.2, 0.25) is 0 Å². The second-order valence-corrected chi connectivity index (χ2v) is 21.3. The Morgan fingerprint density at radius 1 is 0.800 bits per heavy atom. The lowest BCUT2D eigenvalue weighted by Gasteiger charge is -2.41. The van der Waals surface area contributed by atoms with Gasteiger partial charge in [0.2, 0.25) is 17.7 Å². The molecule has 426 valence electrons. The van der Waals surface area contributed by atoms with E-state index in [1.165, 1.54) is 4.90 Å². The largest absolute Gasteiger partial charge is 0.494 e. The minimum absolute atomic E-state index is 0.173. The van der Waals surface area contributed by atoms with E-state index in [4.69, 9.17) is 23.7 Å². The van der Waals surface area contributed by atoms with Gasteiger partial charge in [0.15, 0.2) is 11.6 Å². The van der Waals surface area contributed by atoms with Gasteiger partial charge >= 0.3 is 6.09 Å². The first-order chi connectivity index (χ1) is 38.6. The molecule has 3 aliphatic rings. The second kappa shape index (κ2) is 27.9. The topological polar surface area (TPSA) is 258 Å². The number of nitrogens with zero attached hydrogens (tertiary/aromatic N) is 5. The number of nitrogens with one attached hydrogen (secondary N) is 5. The van der Waals surface area contributed by atoms with E-state index in [-0.39, 0.29) is 61.6 Å². The SMILES string of the molecule is C[C@@H](NC(=O)c1cccc(NC2(c3nnc(-c4ccncc4)[nH]3)CCN(C(=O)OC(C)(C)C)CC2)c1)c1ccc(OCCCCCCOCCOCCOCCCC(=O)Nc2cccc3c2CN(C2CCC(=O)NC2=O)C3=O)cc1. The molecule has 2 fully saturated rings. The Labute approximate surface area is 466 Å². The van der Waals surface area contributed by atoms with Crippen molar-refractivity contribution in [2.75, 3.05) is 70.0 Å². The first-order valence-electron chi connectivity index (χ1n) is 27.7. The number of rotatable bonds is 27. The van der Waals surface area contributed by atoms with Crippen LogP contribution in [0.25, 0.3) is 11.4 Å². The first-order valence-corrected chi connectivity index (χ1v) is 27.7. The zero-order valence-electron chi connectivity index (χ0n) is 46.2. The Morgan fingerprint density at radius 3 is 2.20 bits per heavy atom. The van der Waals surface area contributed by atoms with Crippen LogP contribution in [0.5, 0.6) is 5.75 Å². The molecule has 6 amide bonds. The van der Waals surface area contributed by atoms with Crippen LogP contribution in [0, 0.1) is 0 Å². The summed E-state index contributed by atoms with van der Waals surface area (Å²) in [5.74, 6) is 0.473. The molecule has 8 rings (SSSR count). The number of H-pyrrole nitrogens is 1. The van der Waals surface area contributed by atoms with Crippen molar-refractivity contribution in [2.24, 2.45) is 0 Å². The molecular weight excluding hydrogens is 1020 g/mol. The molecule has 5 aromatic rings. The summed E-state index contributed by atoms with van der Waals surface area (Å²) in [7, 11) is 0. The molecule has 21 nitrogen and oxygen atoms in total. The average molecular weight is 1100 g/mol. The number of imide groups is 1. The van der Waals surface area contributed by atoms with Gasteiger partial charge in [-0.3, -0.25) is 34.3 Å². The molecule has 80 heavy (non-hydrogen) atoms. The number of carbonyl (C=O) groups excluding carboxylic acids is 6. The summed E-state index contributed by atoms with van der Waals surface area (Å²) in [6, 6.07) is 23.0. The summed E-state index contributed by atoms with van der Waals surface area (Å²) in [4.78, 5) is 87.2. The van der Waals surface area contributed by atoms with Crippen LogP contribution < -0.4 is 26.0 Å². The Hall–Kier alpha value is -7.75. The number of hydrogen-bond donors (Lipinski definition) is 5. The fourth-order valence-electron chi connectivity index (χ4n) is 9.81. The van der Waals surface area contributed by atoms with Gasteiger partial charge in [-0.25, -0.2) is 4.79 Å². The number of unbranched alkanes of at least 4 members (excludes halogenated alkanes) is 3. The van der Waals surface area contributed by atoms with Crippen LogP contribution in [0.3, 0.4) is 0 Å². The lowest BCUT2D eigenvalue weighted by atomic mass is 9.86. The number of aromatic nitrogens is 4. The molecule has 2 atom stereocenters. The maximum absolute atomic E-state index is 13.7. The molecule has 5 N–H and O–H groups in total. The number of ether oxygens (including phenoxy) is 5. The average Bonchev–Trinajstić information content (AvgIpc) is 4.22. The van der Waals surface area contributed by atoms with Crippen LogP contribution in [0.4, 0.5) is 16.2 Å². The van der Waals surface area contributed by atoms with E-state index in [2.05, 4.69) is 41.4 Å². The quantitative estimate of drug-likeness (QED) is 0.0248. The van der Waals surface area contributed by atoms with Gasteiger partial charge in [0.1, 0.15) is 22.9 Å². The minimum Gasteiger partial charge on any atom is -0.494 e. The van der Waals surface area contributed by atoms with Gasteiger partial charge in [0, 0.05) is 91.7 Å². The third kappa shape index (κ3) is 16.2. The van der Waals surface area contributed by atoms with Crippen molar-refractivity contribution in [3.05, 3.63) is 119 Å². The van der Waals surface area contributed by atoms with E-state index >= 15 is 0 Å². The predicted molar refractivity (Wildman–Crippen MR) is 297 cm³/mol. The maximum atomic E-state index is 13.7. The number of hydrogen-bond acceptors (Lipinski definition) is 15. The number of amides is 6. The molecule has 1 unspecified atom stereocenters. The van der Waals surface area contributed by atoms with Crippen molar-refractivity contribution in [1.29, 1.82) is 0 Å². The molecule has 2 aromatic heterocycles. The molecule has 0 aliphatic carbocycles. The van der Waals surface area contributed by atoms with Crippen molar-refractivity contribution in [3.8, 4) is 17.1 Å². The van der Waals surface area contributed by atoms with Gasteiger partial charge in [-0.15, -0.1) is 10.2 Å². The smallest absolute Gasteiger partial charge is 0.410 e. The first kappa shape index (κ1) is 58.4. The molecule has 0 radical (unpaired) electrons. The molecule has 2 saturated heterocycles. The van der Waals surface area contributed by atoms with E-state index in [0.29, 0.717) is 113 Å². The van der Waals surface area contributed by atoms with E-state index in [9.17, 15) is 28.8 Å². The highest BCUT2D eigenvalue weighted by Gasteiger charge is 2.42. The van der Waals surface area contributed by atoms with Crippen LogP contribution in [0.15, 0.2) is 91.3 Å². The summed E-state index contributed by atoms with van der Waals surface area (Å²) in [5, 5.41) is 21.1. The Bertz CT molecular complexity index is 2900. The van der Waals surface area contributed by atoms with Gasteiger partial charge in [0.25, 0.3) is 11.8 Å². The summed E-state index contributed by atoms with van der Waals surface area (Å²) in [5.41, 5.74) is 3.32. The van der Waals surface area contributed by atoms with Gasteiger partial charge < -0.3 is 54.4 Å². The number of benzene rings is 3. The van der Waals surface area contributed by atoms with Crippen molar-refractivity contribution in [2.45, 2.75) is 122 Å². The predicted octanol–water partition coefficient (Wildman–Crippen LogP) is 7.86. The summed E-state index contributed by atoms with van der Waals surface area (Å²) in [6.45, 7) is 12.0. The Kier molecular flexibility index (Phi) is 20.4. The molecule has 0 bridgehead atoms. The minimum atomic E-state index is -0.722. The van der Waals surface area contributed by atoms with Crippen LogP contribution in [0.1, 0.15) is 136 Å². The zero-order chi connectivity index (χ0) is 56.5. The second-order valence-electron chi connectivity index (χ2n) is 21.3. The Morgan fingerprint density at radius 2 is 1.49 bits per heavy atom. The van der Waals surface area contributed by atoms with Gasteiger partial charge in [-0.05, 0) is 133 Å². The summed E-state index contributed by atoms with van der Waals surface area (Å²) >= 11 is 0. The van der Waals surface area contributed by atoms with E-state index < -0.39 is 23.1 Å². The fourth-order valence-corrected chi connectivity index (χ4v) is 9.81. The normalized spacial score (nSPS) is 16.4. The third-order valence-electron chi connectivity index (χ3n) is 14.1. The van der Waals surface area contributed by atoms with Gasteiger partial charge in [-0.1, -0.05) is 30.7 Å².